The molecule has 19 heavy (non-hydrogen) atoms. The van der Waals surface area contributed by atoms with E-state index in [0.29, 0.717) is 10.0 Å². The van der Waals surface area contributed by atoms with Crippen LogP contribution >= 0.6 is 23.2 Å². The minimum Gasteiger partial charge on any atom is -0.447 e. The Balaban J connectivity index is 2.10. The lowest BCUT2D eigenvalue weighted by Crippen LogP contribution is -2.08. The number of halogens is 2. The molecule has 0 unspecified atom stereocenters. The lowest BCUT2D eigenvalue weighted by atomic mass is 10.2. The summed E-state index contributed by atoms with van der Waals surface area (Å²) in [6, 6.07) is 13.4. The van der Waals surface area contributed by atoms with Gasteiger partial charge in [0.2, 0.25) is 5.88 Å². The third-order valence-electron chi connectivity index (χ3n) is 3.03. The van der Waals surface area contributed by atoms with Crippen molar-refractivity contribution in [1.29, 1.82) is 0 Å². The monoisotopic (exact) mass is 291 g/mol. The molecule has 2 nitrogen and oxygen atoms in total. The van der Waals surface area contributed by atoms with Crippen LogP contribution in [0.3, 0.4) is 0 Å². The molecule has 0 amide bonds. The molecule has 3 rings (SSSR count). The number of fused-ring (bicyclic) bond motifs is 1. The summed E-state index contributed by atoms with van der Waals surface area (Å²) in [4.78, 5) is 1.93. The SMILES string of the molecule is CN(c1cc(Cl)cc(Cl)c1)c1occ2ccccc12. The maximum Gasteiger partial charge on any atom is 0.207 e. The molecular weight excluding hydrogens is 281 g/mol. The number of furan rings is 1. The summed E-state index contributed by atoms with van der Waals surface area (Å²) < 4.78 is 5.65. The van der Waals surface area contributed by atoms with Crippen molar-refractivity contribution in [2.45, 2.75) is 0 Å². The van der Waals surface area contributed by atoms with Crippen LogP contribution in [-0.4, -0.2) is 7.05 Å². The van der Waals surface area contributed by atoms with Gasteiger partial charge in [0.1, 0.15) is 6.26 Å². The molecular formula is C15H11Cl2NO. The van der Waals surface area contributed by atoms with Crippen molar-refractivity contribution in [2.75, 3.05) is 11.9 Å². The summed E-state index contributed by atoms with van der Waals surface area (Å²) >= 11 is 12.1. The van der Waals surface area contributed by atoms with E-state index in [-0.39, 0.29) is 0 Å². The first kappa shape index (κ1) is 12.4. The van der Waals surface area contributed by atoms with E-state index in [2.05, 4.69) is 0 Å². The lowest BCUT2D eigenvalue weighted by molar-refractivity contribution is 0.574. The molecule has 4 heteroatoms. The van der Waals surface area contributed by atoms with Crippen molar-refractivity contribution in [3.05, 3.63) is 58.8 Å². The van der Waals surface area contributed by atoms with Gasteiger partial charge in [0.25, 0.3) is 0 Å². The van der Waals surface area contributed by atoms with Crippen LogP contribution in [0.15, 0.2) is 53.1 Å². The van der Waals surface area contributed by atoms with Crippen molar-refractivity contribution in [3.8, 4) is 0 Å². The minimum absolute atomic E-state index is 0.602. The first-order valence-electron chi connectivity index (χ1n) is 5.81. The summed E-state index contributed by atoms with van der Waals surface area (Å²) in [7, 11) is 1.92. The Bertz CT molecular complexity index is 716. The number of nitrogens with zero attached hydrogens (tertiary/aromatic N) is 1. The Morgan fingerprint density at radius 3 is 2.42 bits per heavy atom. The lowest BCUT2D eigenvalue weighted by Gasteiger charge is -2.17. The van der Waals surface area contributed by atoms with E-state index in [1.807, 2.05) is 48.3 Å². The summed E-state index contributed by atoms with van der Waals surface area (Å²) in [5, 5.41) is 3.33. The largest absolute Gasteiger partial charge is 0.447 e. The van der Waals surface area contributed by atoms with Gasteiger partial charge in [-0.25, -0.2) is 0 Å². The quantitative estimate of drug-likeness (QED) is 0.619. The fourth-order valence-corrected chi connectivity index (χ4v) is 2.60. The van der Waals surface area contributed by atoms with Crippen LogP contribution in [0.5, 0.6) is 0 Å². The number of anilines is 2. The maximum absolute atomic E-state index is 6.03. The number of hydrogen-bond acceptors (Lipinski definition) is 2. The average molecular weight is 292 g/mol. The Morgan fingerprint density at radius 1 is 1.00 bits per heavy atom. The predicted molar refractivity (Wildman–Crippen MR) is 80.7 cm³/mol. The van der Waals surface area contributed by atoms with Gasteiger partial charge >= 0.3 is 0 Å². The summed E-state index contributed by atoms with van der Waals surface area (Å²) in [6.07, 6.45) is 1.74. The molecule has 1 aromatic heterocycles. The van der Waals surface area contributed by atoms with Crippen LogP contribution in [-0.2, 0) is 0 Å². The van der Waals surface area contributed by atoms with E-state index in [9.17, 15) is 0 Å². The van der Waals surface area contributed by atoms with E-state index in [0.717, 1.165) is 22.3 Å². The third-order valence-corrected chi connectivity index (χ3v) is 3.46. The van der Waals surface area contributed by atoms with Gasteiger partial charge in [-0.3, -0.25) is 0 Å². The molecule has 2 aromatic carbocycles. The van der Waals surface area contributed by atoms with Gasteiger partial charge in [0.05, 0.1) is 0 Å². The van der Waals surface area contributed by atoms with Crippen LogP contribution < -0.4 is 4.90 Å². The standard InChI is InChI=1S/C15H11Cl2NO/c1-18(13-7-11(16)6-12(17)8-13)15-14-5-3-2-4-10(14)9-19-15/h2-9H,1H3. The fourth-order valence-electron chi connectivity index (χ4n) is 2.09. The normalized spacial score (nSPS) is 10.9. The van der Waals surface area contributed by atoms with Gasteiger partial charge in [-0.15, -0.1) is 0 Å². The van der Waals surface area contributed by atoms with Gasteiger partial charge in [0, 0.05) is 33.6 Å². The molecule has 0 atom stereocenters. The van der Waals surface area contributed by atoms with E-state index in [1.165, 1.54) is 0 Å². The second-order valence-electron chi connectivity index (χ2n) is 4.31. The highest BCUT2D eigenvalue weighted by atomic mass is 35.5. The van der Waals surface area contributed by atoms with Crippen LogP contribution in [0.1, 0.15) is 0 Å². The Labute approximate surface area is 121 Å². The van der Waals surface area contributed by atoms with Crippen molar-refractivity contribution >= 4 is 45.5 Å². The molecule has 1 heterocycles. The second-order valence-corrected chi connectivity index (χ2v) is 5.19. The summed E-state index contributed by atoms with van der Waals surface area (Å²) in [5.41, 5.74) is 0.887. The van der Waals surface area contributed by atoms with Crippen LogP contribution in [0.4, 0.5) is 11.6 Å². The third kappa shape index (κ3) is 2.29. The van der Waals surface area contributed by atoms with E-state index < -0.39 is 0 Å². The average Bonchev–Trinajstić information content (AvgIpc) is 2.80. The second kappa shape index (κ2) is 4.80. The molecule has 0 radical (unpaired) electrons. The van der Waals surface area contributed by atoms with Gasteiger partial charge in [-0.1, -0.05) is 41.4 Å². The molecule has 96 valence electrons. The molecule has 0 spiro atoms. The zero-order valence-corrected chi connectivity index (χ0v) is 11.7. The minimum atomic E-state index is 0.602. The molecule has 0 aliphatic carbocycles. The first-order valence-corrected chi connectivity index (χ1v) is 6.57. The molecule has 0 fully saturated rings. The van der Waals surface area contributed by atoms with Gasteiger partial charge < -0.3 is 9.32 Å². The Hall–Kier alpha value is -1.64. The van der Waals surface area contributed by atoms with Gasteiger partial charge in [0.15, 0.2) is 0 Å². The van der Waals surface area contributed by atoms with Crippen molar-refractivity contribution in [1.82, 2.24) is 0 Å². The van der Waals surface area contributed by atoms with E-state index in [4.69, 9.17) is 27.6 Å². The molecule has 0 bridgehead atoms. The molecule has 0 saturated carbocycles. The Morgan fingerprint density at radius 2 is 1.68 bits per heavy atom. The number of benzene rings is 2. The smallest absolute Gasteiger partial charge is 0.207 e. The number of hydrogen-bond donors (Lipinski definition) is 0. The van der Waals surface area contributed by atoms with Crippen LogP contribution in [0.25, 0.3) is 10.8 Å². The van der Waals surface area contributed by atoms with Crippen molar-refractivity contribution in [2.24, 2.45) is 0 Å². The number of rotatable bonds is 2. The maximum atomic E-state index is 6.03. The molecule has 0 N–H and O–H groups in total. The Kier molecular flexibility index (Phi) is 3.13. The highest BCUT2D eigenvalue weighted by Crippen LogP contribution is 2.34. The molecule has 3 aromatic rings. The van der Waals surface area contributed by atoms with Crippen LogP contribution in [0.2, 0.25) is 10.0 Å². The zero-order valence-electron chi connectivity index (χ0n) is 10.2. The predicted octanol–water partition coefficient (Wildman–Crippen LogP) is 5.51. The molecule has 0 saturated heterocycles. The zero-order chi connectivity index (χ0) is 13.4. The summed E-state index contributed by atoms with van der Waals surface area (Å²) in [6.45, 7) is 0. The van der Waals surface area contributed by atoms with Gasteiger partial charge in [-0.2, -0.15) is 0 Å². The first-order chi connectivity index (χ1) is 9.15. The van der Waals surface area contributed by atoms with E-state index >= 15 is 0 Å². The van der Waals surface area contributed by atoms with Crippen molar-refractivity contribution in [3.63, 3.8) is 0 Å². The topological polar surface area (TPSA) is 16.4 Å². The summed E-state index contributed by atoms with van der Waals surface area (Å²) in [5.74, 6) is 0.772. The van der Waals surface area contributed by atoms with Crippen LogP contribution in [0, 0.1) is 0 Å². The van der Waals surface area contributed by atoms with Crippen molar-refractivity contribution < 1.29 is 4.42 Å². The van der Waals surface area contributed by atoms with Gasteiger partial charge in [-0.05, 0) is 24.3 Å². The highest BCUT2D eigenvalue weighted by Gasteiger charge is 2.13. The molecule has 0 aliphatic heterocycles. The fraction of sp³-hybridized carbons (Fsp3) is 0.0667. The highest BCUT2D eigenvalue weighted by molar-refractivity contribution is 6.35. The molecule has 0 aliphatic rings. The van der Waals surface area contributed by atoms with E-state index in [1.54, 1.807) is 12.3 Å².